The summed E-state index contributed by atoms with van der Waals surface area (Å²) in [7, 11) is 0. The van der Waals surface area contributed by atoms with E-state index in [1.54, 1.807) is 6.07 Å². The first-order chi connectivity index (χ1) is 7.38. The highest BCUT2D eigenvalue weighted by Crippen LogP contribution is 2.51. The molecule has 5 heteroatoms. The Morgan fingerprint density at radius 1 is 1.25 bits per heavy atom. The SMILES string of the molecule is NC(=S)C1(c2ccccc2C(F)(F)F)CC1. The number of hydrogen-bond donors (Lipinski definition) is 1. The Morgan fingerprint density at radius 2 is 1.81 bits per heavy atom. The van der Waals surface area contributed by atoms with Gasteiger partial charge in [-0.15, -0.1) is 0 Å². The van der Waals surface area contributed by atoms with Gasteiger partial charge >= 0.3 is 6.18 Å². The fourth-order valence-electron chi connectivity index (χ4n) is 1.92. The van der Waals surface area contributed by atoms with Crippen molar-refractivity contribution in [3.8, 4) is 0 Å². The van der Waals surface area contributed by atoms with Gasteiger partial charge in [-0.05, 0) is 24.5 Å². The van der Waals surface area contributed by atoms with Crippen LogP contribution < -0.4 is 5.73 Å². The van der Waals surface area contributed by atoms with Crippen LogP contribution in [0, 0.1) is 0 Å². The van der Waals surface area contributed by atoms with E-state index in [1.165, 1.54) is 12.1 Å². The first kappa shape index (κ1) is 11.4. The Kier molecular flexibility index (Phi) is 2.45. The Morgan fingerprint density at radius 3 is 2.25 bits per heavy atom. The largest absolute Gasteiger partial charge is 0.416 e. The summed E-state index contributed by atoms with van der Waals surface area (Å²) in [5.41, 5.74) is 4.41. The molecule has 1 saturated carbocycles. The van der Waals surface area contributed by atoms with Crippen molar-refractivity contribution in [2.75, 3.05) is 0 Å². The van der Waals surface area contributed by atoms with Crippen LogP contribution in [-0.2, 0) is 11.6 Å². The number of rotatable bonds is 2. The molecule has 0 bridgehead atoms. The van der Waals surface area contributed by atoms with Gasteiger partial charge < -0.3 is 5.73 Å². The maximum absolute atomic E-state index is 12.8. The molecule has 1 aromatic rings. The van der Waals surface area contributed by atoms with Gasteiger partial charge in [0.25, 0.3) is 0 Å². The van der Waals surface area contributed by atoms with Crippen molar-refractivity contribution >= 4 is 17.2 Å². The average molecular weight is 245 g/mol. The van der Waals surface area contributed by atoms with Crippen molar-refractivity contribution in [2.24, 2.45) is 5.73 Å². The van der Waals surface area contributed by atoms with E-state index in [-0.39, 0.29) is 10.6 Å². The van der Waals surface area contributed by atoms with Crippen LogP contribution in [0.3, 0.4) is 0 Å². The molecule has 0 aromatic heterocycles. The molecule has 0 atom stereocenters. The molecule has 86 valence electrons. The molecule has 0 amide bonds. The number of thiocarbonyl (C=S) groups is 1. The van der Waals surface area contributed by atoms with Crippen LogP contribution in [-0.4, -0.2) is 4.99 Å². The lowest BCUT2D eigenvalue weighted by atomic mass is 9.91. The van der Waals surface area contributed by atoms with Crippen LogP contribution in [0.2, 0.25) is 0 Å². The van der Waals surface area contributed by atoms with Crippen molar-refractivity contribution in [3.05, 3.63) is 35.4 Å². The minimum atomic E-state index is -4.35. The monoisotopic (exact) mass is 245 g/mol. The van der Waals surface area contributed by atoms with Gasteiger partial charge in [-0.3, -0.25) is 0 Å². The number of hydrogen-bond acceptors (Lipinski definition) is 1. The summed E-state index contributed by atoms with van der Waals surface area (Å²) in [5, 5.41) is 0. The molecule has 2 rings (SSSR count). The molecule has 0 spiro atoms. The van der Waals surface area contributed by atoms with Gasteiger partial charge in [0.15, 0.2) is 0 Å². The van der Waals surface area contributed by atoms with Crippen LogP contribution in [0.5, 0.6) is 0 Å². The molecule has 2 N–H and O–H groups in total. The van der Waals surface area contributed by atoms with E-state index >= 15 is 0 Å². The van der Waals surface area contributed by atoms with Crippen molar-refractivity contribution in [3.63, 3.8) is 0 Å². The summed E-state index contributed by atoms with van der Waals surface area (Å²) in [6.45, 7) is 0. The molecule has 1 aliphatic carbocycles. The van der Waals surface area contributed by atoms with Crippen LogP contribution in [0.4, 0.5) is 13.2 Å². The fraction of sp³-hybridized carbons (Fsp3) is 0.364. The van der Waals surface area contributed by atoms with Crippen LogP contribution >= 0.6 is 12.2 Å². The Balaban J connectivity index is 2.54. The lowest BCUT2D eigenvalue weighted by Crippen LogP contribution is -2.29. The Bertz CT molecular complexity index is 435. The first-order valence-electron chi connectivity index (χ1n) is 4.84. The Labute approximate surface area is 96.4 Å². The topological polar surface area (TPSA) is 26.0 Å². The number of nitrogens with two attached hydrogens (primary N) is 1. The molecular formula is C11H10F3NS. The molecule has 1 aliphatic rings. The molecule has 0 unspecified atom stereocenters. The van der Waals surface area contributed by atoms with Gasteiger partial charge in [-0.1, -0.05) is 30.4 Å². The summed E-state index contributed by atoms with van der Waals surface area (Å²) < 4.78 is 38.4. The first-order valence-corrected chi connectivity index (χ1v) is 5.25. The molecule has 1 fully saturated rings. The average Bonchev–Trinajstić information content (AvgIpc) is 2.97. The third kappa shape index (κ3) is 1.69. The lowest BCUT2D eigenvalue weighted by Gasteiger charge is -2.19. The van der Waals surface area contributed by atoms with Crippen LogP contribution in [0.25, 0.3) is 0 Å². The lowest BCUT2D eigenvalue weighted by molar-refractivity contribution is -0.138. The fourth-order valence-corrected chi connectivity index (χ4v) is 2.24. The predicted molar refractivity (Wildman–Crippen MR) is 59.1 cm³/mol. The number of halogens is 3. The van der Waals surface area contributed by atoms with E-state index in [0.29, 0.717) is 12.8 Å². The highest BCUT2D eigenvalue weighted by Gasteiger charge is 2.51. The third-order valence-electron chi connectivity index (χ3n) is 2.97. The highest BCUT2D eigenvalue weighted by atomic mass is 32.1. The van der Waals surface area contributed by atoms with Gasteiger partial charge in [0.2, 0.25) is 0 Å². The van der Waals surface area contributed by atoms with Crippen molar-refractivity contribution in [2.45, 2.75) is 24.4 Å². The second kappa shape index (κ2) is 3.45. The number of alkyl halides is 3. The normalized spacial score (nSPS) is 18.2. The molecule has 0 radical (unpaired) electrons. The standard InChI is InChI=1S/C11H10F3NS/c12-11(13,14)8-4-2-1-3-7(8)10(5-6-10)9(15)16/h1-4H,5-6H2,(H2,15,16). The summed E-state index contributed by atoms with van der Waals surface area (Å²) >= 11 is 4.87. The maximum Gasteiger partial charge on any atom is 0.416 e. The smallest absolute Gasteiger partial charge is 0.393 e. The molecule has 0 saturated heterocycles. The Hall–Kier alpha value is -1.10. The zero-order chi connectivity index (χ0) is 12.0. The quantitative estimate of drug-likeness (QED) is 0.810. The van der Waals surface area contributed by atoms with E-state index in [4.69, 9.17) is 18.0 Å². The highest BCUT2D eigenvalue weighted by molar-refractivity contribution is 7.80. The summed E-state index contributed by atoms with van der Waals surface area (Å²) in [4.78, 5) is 0.157. The van der Waals surface area contributed by atoms with Crippen molar-refractivity contribution < 1.29 is 13.2 Å². The molecule has 1 nitrogen and oxygen atoms in total. The second-order valence-corrected chi connectivity index (χ2v) is 4.43. The predicted octanol–water partition coefficient (Wildman–Crippen LogP) is 3.02. The van der Waals surface area contributed by atoms with E-state index in [0.717, 1.165) is 6.07 Å². The molecule has 0 heterocycles. The van der Waals surface area contributed by atoms with Crippen molar-refractivity contribution in [1.82, 2.24) is 0 Å². The van der Waals surface area contributed by atoms with Gasteiger partial charge in [0, 0.05) is 5.41 Å². The summed E-state index contributed by atoms with van der Waals surface area (Å²) in [6.07, 6.45) is -3.14. The summed E-state index contributed by atoms with van der Waals surface area (Å²) in [6, 6.07) is 5.51. The van der Waals surface area contributed by atoms with E-state index in [1.807, 2.05) is 0 Å². The molecule has 0 aliphatic heterocycles. The maximum atomic E-state index is 12.8. The second-order valence-electron chi connectivity index (χ2n) is 3.99. The van der Waals surface area contributed by atoms with Gasteiger partial charge in [-0.2, -0.15) is 13.2 Å². The molecule has 16 heavy (non-hydrogen) atoms. The minimum absolute atomic E-state index is 0.157. The van der Waals surface area contributed by atoms with Gasteiger partial charge in [0.05, 0.1) is 10.6 Å². The zero-order valence-corrected chi connectivity index (χ0v) is 9.16. The minimum Gasteiger partial charge on any atom is -0.393 e. The van der Waals surface area contributed by atoms with E-state index in [9.17, 15) is 13.2 Å². The van der Waals surface area contributed by atoms with Gasteiger partial charge in [-0.25, -0.2) is 0 Å². The van der Waals surface area contributed by atoms with Crippen LogP contribution in [0.15, 0.2) is 24.3 Å². The summed E-state index contributed by atoms with van der Waals surface area (Å²) in [5.74, 6) is 0. The number of benzene rings is 1. The van der Waals surface area contributed by atoms with Gasteiger partial charge in [0.1, 0.15) is 0 Å². The zero-order valence-electron chi connectivity index (χ0n) is 8.34. The third-order valence-corrected chi connectivity index (χ3v) is 3.36. The van der Waals surface area contributed by atoms with Crippen LogP contribution in [0.1, 0.15) is 24.0 Å². The van der Waals surface area contributed by atoms with E-state index < -0.39 is 17.2 Å². The van der Waals surface area contributed by atoms with Crippen molar-refractivity contribution in [1.29, 1.82) is 0 Å². The van der Waals surface area contributed by atoms with E-state index in [2.05, 4.69) is 0 Å². The molecular weight excluding hydrogens is 235 g/mol. The molecule has 1 aromatic carbocycles.